The van der Waals surface area contributed by atoms with Gasteiger partial charge in [0.15, 0.2) is 0 Å². The van der Waals surface area contributed by atoms with E-state index in [0.29, 0.717) is 41.8 Å². The fourth-order valence-corrected chi connectivity index (χ4v) is 14.0. The first-order valence-corrected chi connectivity index (χ1v) is 9.34. The third kappa shape index (κ3) is 9.58. The van der Waals surface area contributed by atoms with Crippen molar-refractivity contribution in [1.82, 2.24) is 0 Å². The van der Waals surface area contributed by atoms with E-state index in [-0.39, 0.29) is 0 Å². The molecule has 0 aromatic heterocycles. The van der Waals surface area contributed by atoms with Gasteiger partial charge in [0.05, 0.1) is 0 Å². The standard InChI is InChI=1S/C7H16Te2/c1-6(2)8-5-9-7(3)4/h6-7H,5H2,1-4H3. The van der Waals surface area contributed by atoms with Crippen LogP contribution in [0.5, 0.6) is 0 Å². The Hall–Kier alpha value is 1.58. The van der Waals surface area contributed by atoms with E-state index in [1.807, 2.05) is 0 Å². The zero-order valence-corrected chi connectivity index (χ0v) is 11.3. The Morgan fingerprint density at radius 1 is 0.889 bits per heavy atom. The van der Waals surface area contributed by atoms with Crippen molar-refractivity contribution < 1.29 is 0 Å². The summed E-state index contributed by atoms with van der Waals surface area (Å²) in [7, 11) is 0. The molecule has 0 aromatic carbocycles. The van der Waals surface area contributed by atoms with E-state index < -0.39 is 0 Å². The third-order valence-corrected chi connectivity index (χ3v) is 10.6. The molecule has 0 rings (SSSR count). The second-order valence-corrected chi connectivity index (χ2v) is 15.0. The summed E-state index contributed by atoms with van der Waals surface area (Å²) in [5.41, 5.74) is 0. The predicted molar refractivity (Wildman–Crippen MR) is 46.5 cm³/mol. The number of hydrogen-bond acceptors (Lipinski definition) is 0. The van der Waals surface area contributed by atoms with Crippen molar-refractivity contribution in [2.45, 2.75) is 38.1 Å². The maximum absolute atomic E-state index is 2.37. The first-order valence-electron chi connectivity index (χ1n) is 3.36. The normalized spacial score (nSPS) is 11.3. The maximum atomic E-state index is 2.37. The molecule has 0 bridgehead atoms. The topological polar surface area (TPSA) is 0 Å². The molecule has 0 aliphatic rings. The van der Waals surface area contributed by atoms with Crippen LogP contribution in [0.25, 0.3) is 0 Å². The molecule has 0 amide bonds. The van der Waals surface area contributed by atoms with Gasteiger partial charge in [-0.15, -0.1) is 0 Å². The van der Waals surface area contributed by atoms with Gasteiger partial charge in [-0.05, 0) is 0 Å². The minimum absolute atomic E-state index is 0.431. The fraction of sp³-hybridized carbons (Fsp3) is 1.00. The van der Waals surface area contributed by atoms with Crippen molar-refractivity contribution in [2.75, 3.05) is 0 Å². The van der Waals surface area contributed by atoms with Crippen LogP contribution in [0.3, 0.4) is 0 Å². The van der Waals surface area contributed by atoms with Gasteiger partial charge >= 0.3 is 80.0 Å². The Bertz CT molecular complexity index is 51.9. The van der Waals surface area contributed by atoms with Gasteiger partial charge in [-0.2, -0.15) is 0 Å². The molecule has 0 radical (unpaired) electrons. The molecular formula is C7H16Te2. The van der Waals surface area contributed by atoms with Gasteiger partial charge in [0.2, 0.25) is 0 Å². The number of rotatable bonds is 4. The minimum atomic E-state index is 0.431. The Kier molecular flexibility index (Phi) is 7.41. The molecule has 0 N–H and O–H groups in total. The average molecular weight is 355 g/mol. The third-order valence-electron chi connectivity index (χ3n) is 0.803. The van der Waals surface area contributed by atoms with E-state index in [1.165, 1.54) is 0 Å². The fourth-order valence-electron chi connectivity index (χ4n) is 0.311. The van der Waals surface area contributed by atoms with Crippen LogP contribution >= 0.6 is 0 Å². The van der Waals surface area contributed by atoms with Crippen molar-refractivity contribution in [3.63, 3.8) is 0 Å². The Labute approximate surface area is 79.3 Å². The first kappa shape index (κ1) is 10.6. The molecule has 9 heavy (non-hydrogen) atoms. The predicted octanol–water partition coefficient (Wildman–Crippen LogP) is 2.43. The van der Waals surface area contributed by atoms with E-state index in [2.05, 4.69) is 27.7 Å². The molecule has 0 saturated heterocycles. The Morgan fingerprint density at radius 2 is 1.22 bits per heavy atom. The molecule has 0 saturated carbocycles. The van der Waals surface area contributed by atoms with Gasteiger partial charge in [-0.3, -0.25) is 0 Å². The average Bonchev–Trinajstić information content (AvgIpc) is 1.63. The summed E-state index contributed by atoms with van der Waals surface area (Å²) in [5.74, 6) is 0. The summed E-state index contributed by atoms with van der Waals surface area (Å²) in [6.45, 7) is 9.48. The Balaban J connectivity index is 2.91. The molecule has 0 aliphatic heterocycles. The summed E-state index contributed by atoms with van der Waals surface area (Å²) in [6, 6.07) is 0. The van der Waals surface area contributed by atoms with E-state index >= 15 is 0 Å². The van der Waals surface area contributed by atoms with Crippen LogP contribution in [0.1, 0.15) is 27.7 Å². The summed E-state index contributed by atoms with van der Waals surface area (Å²) in [4.78, 5) is 0. The van der Waals surface area contributed by atoms with E-state index in [4.69, 9.17) is 0 Å². The molecule has 0 fully saturated rings. The van der Waals surface area contributed by atoms with E-state index in [0.717, 1.165) is 7.93 Å². The second-order valence-electron chi connectivity index (χ2n) is 2.55. The molecule has 0 atom stereocenters. The van der Waals surface area contributed by atoms with Crippen molar-refractivity contribution in [1.29, 1.82) is 0 Å². The van der Waals surface area contributed by atoms with E-state index in [9.17, 15) is 0 Å². The van der Waals surface area contributed by atoms with Crippen molar-refractivity contribution >= 4 is 41.8 Å². The summed E-state index contributed by atoms with van der Waals surface area (Å²) in [5, 5.41) is 0. The second kappa shape index (κ2) is 6.30. The summed E-state index contributed by atoms with van der Waals surface area (Å²) in [6.07, 6.45) is 0. The Morgan fingerprint density at radius 3 is 1.44 bits per heavy atom. The van der Waals surface area contributed by atoms with Gasteiger partial charge in [0, 0.05) is 0 Å². The first-order chi connectivity index (χ1) is 4.13. The van der Waals surface area contributed by atoms with Crippen molar-refractivity contribution in [2.24, 2.45) is 0 Å². The summed E-state index contributed by atoms with van der Waals surface area (Å²) >= 11 is 0.863. The molecule has 0 unspecified atom stereocenters. The van der Waals surface area contributed by atoms with Gasteiger partial charge in [0.25, 0.3) is 0 Å². The van der Waals surface area contributed by atoms with Crippen molar-refractivity contribution in [3.8, 4) is 0 Å². The molecule has 56 valence electrons. The van der Waals surface area contributed by atoms with E-state index in [1.54, 1.807) is 2.52 Å². The van der Waals surface area contributed by atoms with Crippen LogP contribution < -0.4 is 0 Å². The monoisotopic (exact) mass is 360 g/mol. The molecule has 0 spiro atoms. The van der Waals surface area contributed by atoms with Crippen LogP contribution in [-0.4, -0.2) is 41.8 Å². The zero-order chi connectivity index (χ0) is 7.28. The molecule has 0 heterocycles. The molecule has 0 nitrogen and oxygen atoms in total. The van der Waals surface area contributed by atoms with Crippen molar-refractivity contribution in [3.05, 3.63) is 0 Å². The summed E-state index contributed by atoms with van der Waals surface area (Å²) < 4.78 is 3.78. The van der Waals surface area contributed by atoms with Gasteiger partial charge in [0.1, 0.15) is 0 Å². The van der Waals surface area contributed by atoms with Gasteiger partial charge in [-0.1, -0.05) is 0 Å². The molecular weight excluding hydrogens is 339 g/mol. The van der Waals surface area contributed by atoms with Gasteiger partial charge in [-0.25, -0.2) is 0 Å². The van der Waals surface area contributed by atoms with Crippen LogP contribution in [0.2, 0.25) is 10.4 Å². The van der Waals surface area contributed by atoms with Crippen LogP contribution in [0.15, 0.2) is 0 Å². The van der Waals surface area contributed by atoms with Crippen LogP contribution in [0.4, 0.5) is 0 Å². The quantitative estimate of drug-likeness (QED) is 0.680. The number of hydrogen-bond donors (Lipinski definition) is 0. The molecule has 0 aliphatic carbocycles. The SMILES string of the molecule is CC(C)[Te]C[Te]C(C)C. The van der Waals surface area contributed by atoms with Crippen LogP contribution in [-0.2, 0) is 0 Å². The zero-order valence-electron chi connectivity index (χ0n) is 6.68. The molecule has 2 heteroatoms. The van der Waals surface area contributed by atoms with Gasteiger partial charge < -0.3 is 0 Å². The molecule has 0 aromatic rings. The van der Waals surface area contributed by atoms with Crippen LogP contribution in [0, 0.1) is 0 Å².